The van der Waals surface area contributed by atoms with Crippen LogP contribution in [0.5, 0.6) is 0 Å². The topological polar surface area (TPSA) is 52.6 Å². The van der Waals surface area contributed by atoms with Gasteiger partial charge in [0.15, 0.2) is 0 Å². The zero-order valence-corrected chi connectivity index (χ0v) is 10.8. The molecule has 3 rings (SSSR count). The second kappa shape index (κ2) is 4.49. The lowest BCUT2D eigenvalue weighted by molar-refractivity contribution is -0.140. The Bertz CT molecular complexity index is 520. The number of nitrogens with zero attached hydrogens (tertiary/aromatic N) is 1. The Labute approximate surface area is 111 Å². The Kier molecular flexibility index (Phi) is 2.93. The highest BCUT2D eigenvalue weighted by molar-refractivity contribution is 5.81. The van der Waals surface area contributed by atoms with Crippen LogP contribution in [0.3, 0.4) is 0 Å². The SMILES string of the molecule is CN1c2ccc(F)cc2C(C(=O)O)C2CNCCC21. The molecule has 4 nitrogen and oxygen atoms in total. The van der Waals surface area contributed by atoms with E-state index in [1.165, 1.54) is 12.1 Å². The highest BCUT2D eigenvalue weighted by Crippen LogP contribution is 2.43. The normalized spacial score (nSPS) is 29.6. The molecule has 0 amide bonds. The summed E-state index contributed by atoms with van der Waals surface area (Å²) in [6.07, 6.45) is 0.918. The van der Waals surface area contributed by atoms with Gasteiger partial charge in [-0.05, 0) is 36.7 Å². The third kappa shape index (κ3) is 1.89. The summed E-state index contributed by atoms with van der Waals surface area (Å²) in [4.78, 5) is 13.7. The number of fused-ring (bicyclic) bond motifs is 2. The standard InChI is InChI=1S/C14H17FN2O2/c1-17-11-3-2-8(15)6-9(11)13(14(18)19)10-7-16-5-4-12(10)17/h2-3,6,10,12-13,16H,4-5,7H2,1H3,(H,18,19). The first-order chi connectivity index (χ1) is 9.09. The third-order valence-corrected chi connectivity index (χ3v) is 4.39. The molecule has 2 aliphatic heterocycles. The molecule has 0 saturated carbocycles. The van der Waals surface area contributed by atoms with E-state index >= 15 is 0 Å². The molecule has 1 saturated heterocycles. The van der Waals surface area contributed by atoms with Crippen LogP contribution >= 0.6 is 0 Å². The van der Waals surface area contributed by atoms with Crippen molar-refractivity contribution in [1.82, 2.24) is 5.32 Å². The zero-order chi connectivity index (χ0) is 13.6. The lowest BCUT2D eigenvalue weighted by atomic mass is 9.74. The summed E-state index contributed by atoms with van der Waals surface area (Å²) in [6.45, 7) is 1.57. The lowest BCUT2D eigenvalue weighted by Gasteiger charge is -2.47. The van der Waals surface area contributed by atoms with E-state index in [1.54, 1.807) is 6.07 Å². The van der Waals surface area contributed by atoms with Gasteiger partial charge in [-0.25, -0.2) is 4.39 Å². The van der Waals surface area contributed by atoms with Crippen molar-refractivity contribution < 1.29 is 14.3 Å². The average molecular weight is 264 g/mol. The van der Waals surface area contributed by atoms with E-state index in [0.717, 1.165) is 18.7 Å². The first-order valence-electron chi connectivity index (χ1n) is 6.55. The van der Waals surface area contributed by atoms with Crippen LogP contribution in [0.15, 0.2) is 18.2 Å². The number of hydrogen-bond acceptors (Lipinski definition) is 3. The predicted molar refractivity (Wildman–Crippen MR) is 69.9 cm³/mol. The fourth-order valence-electron chi connectivity index (χ4n) is 3.51. The van der Waals surface area contributed by atoms with Crippen molar-refractivity contribution in [3.63, 3.8) is 0 Å². The molecular weight excluding hydrogens is 247 g/mol. The number of piperidine rings is 1. The Morgan fingerprint density at radius 1 is 1.53 bits per heavy atom. The van der Waals surface area contributed by atoms with Gasteiger partial charge in [0.2, 0.25) is 0 Å². The van der Waals surface area contributed by atoms with Crippen LogP contribution in [-0.4, -0.2) is 37.3 Å². The summed E-state index contributed by atoms with van der Waals surface area (Å²) < 4.78 is 13.5. The van der Waals surface area contributed by atoms with E-state index in [-0.39, 0.29) is 17.8 Å². The predicted octanol–water partition coefficient (Wildman–Crippen LogP) is 1.42. The number of aliphatic carboxylic acids is 1. The van der Waals surface area contributed by atoms with E-state index in [4.69, 9.17) is 0 Å². The minimum absolute atomic E-state index is 0.00875. The Morgan fingerprint density at radius 3 is 3.05 bits per heavy atom. The zero-order valence-electron chi connectivity index (χ0n) is 10.8. The van der Waals surface area contributed by atoms with Gasteiger partial charge in [0.1, 0.15) is 5.82 Å². The molecule has 3 atom stereocenters. The van der Waals surface area contributed by atoms with E-state index < -0.39 is 11.9 Å². The van der Waals surface area contributed by atoms with Gasteiger partial charge in [-0.2, -0.15) is 0 Å². The van der Waals surface area contributed by atoms with Gasteiger partial charge in [-0.15, -0.1) is 0 Å². The Balaban J connectivity index is 2.13. The molecule has 2 heterocycles. The average Bonchev–Trinajstić information content (AvgIpc) is 2.38. The van der Waals surface area contributed by atoms with Crippen LogP contribution in [0.25, 0.3) is 0 Å². The quantitative estimate of drug-likeness (QED) is 0.805. The smallest absolute Gasteiger partial charge is 0.311 e. The first-order valence-corrected chi connectivity index (χ1v) is 6.55. The molecule has 0 radical (unpaired) electrons. The van der Waals surface area contributed by atoms with Crippen molar-refractivity contribution in [2.24, 2.45) is 5.92 Å². The summed E-state index contributed by atoms with van der Waals surface area (Å²) >= 11 is 0. The van der Waals surface area contributed by atoms with Gasteiger partial charge in [-0.3, -0.25) is 4.79 Å². The molecular formula is C14H17FN2O2. The largest absolute Gasteiger partial charge is 0.481 e. The molecule has 0 aliphatic carbocycles. The van der Waals surface area contributed by atoms with Crippen molar-refractivity contribution in [2.45, 2.75) is 18.4 Å². The van der Waals surface area contributed by atoms with Crippen molar-refractivity contribution in [3.05, 3.63) is 29.6 Å². The van der Waals surface area contributed by atoms with Crippen LogP contribution in [0.1, 0.15) is 17.9 Å². The molecule has 5 heteroatoms. The highest BCUT2D eigenvalue weighted by Gasteiger charge is 2.44. The van der Waals surface area contributed by atoms with E-state index in [1.807, 2.05) is 7.05 Å². The summed E-state index contributed by atoms with van der Waals surface area (Å²) in [6, 6.07) is 4.67. The van der Waals surface area contributed by atoms with Crippen LogP contribution < -0.4 is 10.2 Å². The fraction of sp³-hybridized carbons (Fsp3) is 0.500. The molecule has 0 aromatic heterocycles. The van der Waals surface area contributed by atoms with Crippen molar-refractivity contribution >= 4 is 11.7 Å². The van der Waals surface area contributed by atoms with Crippen molar-refractivity contribution in [1.29, 1.82) is 0 Å². The Morgan fingerprint density at radius 2 is 2.32 bits per heavy atom. The van der Waals surface area contributed by atoms with E-state index in [9.17, 15) is 14.3 Å². The summed E-state index contributed by atoms with van der Waals surface area (Å²) in [7, 11) is 1.97. The lowest BCUT2D eigenvalue weighted by Crippen LogP contribution is -2.54. The molecule has 1 fully saturated rings. The summed E-state index contributed by atoms with van der Waals surface area (Å²) in [5.41, 5.74) is 1.44. The van der Waals surface area contributed by atoms with Gasteiger partial charge in [0.05, 0.1) is 5.92 Å². The molecule has 1 aromatic rings. The summed E-state index contributed by atoms with van der Waals surface area (Å²) in [5.74, 6) is -1.87. The van der Waals surface area contributed by atoms with Crippen LogP contribution in [0, 0.1) is 11.7 Å². The van der Waals surface area contributed by atoms with Gasteiger partial charge >= 0.3 is 5.97 Å². The number of carbonyl (C=O) groups is 1. The minimum atomic E-state index is -0.862. The number of hydrogen-bond donors (Lipinski definition) is 2. The molecule has 1 aromatic carbocycles. The number of rotatable bonds is 1. The molecule has 3 unspecified atom stereocenters. The fourth-order valence-corrected chi connectivity index (χ4v) is 3.51. The van der Waals surface area contributed by atoms with E-state index in [2.05, 4.69) is 10.2 Å². The number of benzene rings is 1. The second-order valence-electron chi connectivity index (χ2n) is 5.35. The maximum absolute atomic E-state index is 13.5. The highest BCUT2D eigenvalue weighted by atomic mass is 19.1. The van der Waals surface area contributed by atoms with Crippen molar-refractivity contribution in [2.75, 3.05) is 25.0 Å². The van der Waals surface area contributed by atoms with Gasteiger partial charge in [0, 0.05) is 31.2 Å². The third-order valence-electron chi connectivity index (χ3n) is 4.39. The number of halogens is 1. The molecule has 2 N–H and O–H groups in total. The maximum atomic E-state index is 13.5. The monoisotopic (exact) mass is 264 g/mol. The van der Waals surface area contributed by atoms with Crippen LogP contribution in [-0.2, 0) is 4.79 Å². The molecule has 19 heavy (non-hydrogen) atoms. The number of anilines is 1. The number of carboxylic acids is 1. The minimum Gasteiger partial charge on any atom is -0.481 e. The Hall–Kier alpha value is -1.62. The second-order valence-corrected chi connectivity index (χ2v) is 5.35. The molecule has 0 spiro atoms. The van der Waals surface area contributed by atoms with Crippen LogP contribution in [0.2, 0.25) is 0 Å². The van der Waals surface area contributed by atoms with Gasteiger partial charge in [0.25, 0.3) is 0 Å². The maximum Gasteiger partial charge on any atom is 0.311 e. The molecule has 0 bridgehead atoms. The van der Waals surface area contributed by atoms with Crippen LogP contribution in [0.4, 0.5) is 10.1 Å². The molecule has 2 aliphatic rings. The van der Waals surface area contributed by atoms with Crippen molar-refractivity contribution in [3.8, 4) is 0 Å². The number of carboxylic acid groups (broad SMARTS) is 1. The first kappa shape index (κ1) is 12.4. The van der Waals surface area contributed by atoms with E-state index in [0.29, 0.717) is 12.1 Å². The number of nitrogens with one attached hydrogen (secondary N) is 1. The summed E-state index contributed by atoms with van der Waals surface area (Å²) in [5, 5.41) is 12.8. The van der Waals surface area contributed by atoms with Gasteiger partial charge < -0.3 is 15.3 Å². The molecule has 102 valence electrons. The van der Waals surface area contributed by atoms with Gasteiger partial charge in [-0.1, -0.05) is 0 Å².